The van der Waals surface area contributed by atoms with Gasteiger partial charge in [0, 0.05) is 0 Å². The quantitative estimate of drug-likeness (QED) is 0.352. The summed E-state index contributed by atoms with van der Waals surface area (Å²) in [6.45, 7) is 0.0318. The molecule has 1 heterocycles. The maximum atomic E-state index is 13.4. The third kappa shape index (κ3) is 5.13. The van der Waals surface area contributed by atoms with Gasteiger partial charge >= 0.3 is 6.03 Å². The van der Waals surface area contributed by atoms with Gasteiger partial charge in [-0.15, -0.1) is 0 Å². The lowest BCUT2D eigenvalue weighted by Gasteiger charge is -2.27. The lowest BCUT2D eigenvalue weighted by atomic mass is 10.1. The van der Waals surface area contributed by atoms with Crippen LogP contribution >= 0.6 is 23.2 Å². The van der Waals surface area contributed by atoms with Crippen molar-refractivity contribution in [2.24, 2.45) is 0 Å². The van der Waals surface area contributed by atoms with E-state index in [1.54, 1.807) is 24.3 Å². The number of nitrogens with zero attached hydrogens (tertiary/aromatic N) is 1. The van der Waals surface area contributed by atoms with Gasteiger partial charge in [-0.2, -0.15) is 0 Å². The molecule has 0 aliphatic carbocycles. The summed E-state index contributed by atoms with van der Waals surface area (Å²) in [6, 6.07) is 14.2. The van der Waals surface area contributed by atoms with E-state index < -0.39 is 23.7 Å². The summed E-state index contributed by atoms with van der Waals surface area (Å²) in [6.07, 6.45) is 1.28. The van der Waals surface area contributed by atoms with E-state index in [-0.39, 0.29) is 39.4 Å². The molecule has 35 heavy (non-hydrogen) atoms. The average molecular weight is 515 g/mol. The maximum absolute atomic E-state index is 13.4. The van der Waals surface area contributed by atoms with Crippen molar-refractivity contribution < 1.29 is 28.2 Å². The zero-order valence-electron chi connectivity index (χ0n) is 18.2. The molecular weight excluding hydrogens is 498 g/mol. The van der Waals surface area contributed by atoms with Crippen LogP contribution in [-0.4, -0.2) is 25.0 Å². The molecule has 0 radical (unpaired) electrons. The molecule has 0 atom stereocenters. The van der Waals surface area contributed by atoms with Gasteiger partial charge in [-0.05, 0) is 53.6 Å². The van der Waals surface area contributed by atoms with E-state index in [2.05, 4.69) is 5.32 Å². The Balaban J connectivity index is 1.65. The minimum atomic E-state index is -0.915. The molecule has 1 N–H and O–H groups in total. The maximum Gasteiger partial charge on any atom is 0.335 e. The van der Waals surface area contributed by atoms with Crippen molar-refractivity contribution >= 4 is 52.8 Å². The summed E-state index contributed by atoms with van der Waals surface area (Å²) in [7, 11) is 1.40. The first-order valence-corrected chi connectivity index (χ1v) is 10.9. The number of amides is 4. The van der Waals surface area contributed by atoms with Crippen molar-refractivity contribution in [3.8, 4) is 11.5 Å². The molecule has 3 aromatic carbocycles. The first-order chi connectivity index (χ1) is 16.8. The van der Waals surface area contributed by atoms with Gasteiger partial charge in [-0.3, -0.25) is 14.9 Å². The topological polar surface area (TPSA) is 84.9 Å². The Labute approximate surface area is 209 Å². The van der Waals surface area contributed by atoms with Crippen LogP contribution in [0.5, 0.6) is 11.5 Å². The van der Waals surface area contributed by atoms with Gasteiger partial charge < -0.3 is 9.47 Å². The zero-order chi connectivity index (χ0) is 25.1. The van der Waals surface area contributed by atoms with Gasteiger partial charge in [0.15, 0.2) is 11.5 Å². The molecule has 1 aliphatic rings. The Morgan fingerprint density at radius 3 is 2.49 bits per heavy atom. The molecular formula is C25H17Cl2FN2O5. The molecule has 7 nitrogen and oxygen atoms in total. The number of carbonyl (C=O) groups is 3. The highest BCUT2D eigenvalue weighted by Gasteiger charge is 2.37. The van der Waals surface area contributed by atoms with Crippen molar-refractivity contribution in [3.05, 3.63) is 93.2 Å². The number of carbonyl (C=O) groups excluding carboxylic acids is 3. The summed E-state index contributed by atoms with van der Waals surface area (Å²) in [4.78, 5) is 38.7. The SMILES string of the molecule is COc1cc(/C=C2\C(=O)NC(=O)N(c3ccccc3Cl)C2=O)cc(Cl)c1OCc1cccc(F)c1. The lowest BCUT2D eigenvalue weighted by molar-refractivity contribution is -0.122. The Hall–Kier alpha value is -3.88. The smallest absolute Gasteiger partial charge is 0.335 e. The molecule has 10 heteroatoms. The second-order valence-electron chi connectivity index (χ2n) is 7.36. The van der Waals surface area contributed by atoms with Crippen LogP contribution in [0.1, 0.15) is 11.1 Å². The molecule has 1 aliphatic heterocycles. The molecule has 0 spiro atoms. The van der Waals surface area contributed by atoms with E-state index >= 15 is 0 Å². The number of halogens is 3. The van der Waals surface area contributed by atoms with Crippen LogP contribution in [0.25, 0.3) is 6.08 Å². The van der Waals surface area contributed by atoms with E-state index in [0.717, 1.165) is 4.90 Å². The monoisotopic (exact) mass is 514 g/mol. The number of methoxy groups -OCH3 is 1. The van der Waals surface area contributed by atoms with Crippen molar-refractivity contribution in [2.45, 2.75) is 6.61 Å². The fraction of sp³-hybridized carbons (Fsp3) is 0.0800. The van der Waals surface area contributed by atoms with Gasteiger partial charge in [0.1, 0.15) is 18.0 Å². The Kier molecular flexibility index (Phi) is 7.04. The minimum Gasteiger partial charge on any atom is -0.493 e. The van der Waals surface area contributed by atoms with Gasteiger partial charge in [-0.25, -0.2) is 14.1 Å². The number of nitrogens with one attached hydrogen (secondary N) is 1. The first kappa shape index (κ1) is 24.3. The summed E-state index contributed by atoms with van der Waals surface area (Å²) in [5, 5.41) is 2.43. The zero-order valence-corrected chi connectivity index (χ0v) is 19.7. The van der Waals surface area contributed by atoms with E-state index in [0.29, 0.717) is 11.1 Å². The molecule has 1 saturated heterocycles. The summed E-state index contributed by atoms with van der Waals surface area (Å²) in [5.74, 6) is -1.69. The number of benzene rings is 3. The third-order valence-electron chi connectivity index (χ3n) is 5.03. The largest absolute Gasteiger partial charge is 0.493 e. The molecule has 4 rings (SSSR count). The van der Waals surface area contributed by atoms with Crippen LogP contribution < -0.4 is 19.7 Å². The fourth-order valence-electron chi connectivity index (χ4n) is 3.42. The number of ether oxygens (including phenoxy) is 2. The number of hydrogen-bond acceptors (Lipinski definition) is 5. The standard InChI is InChI=1S/C25H17Cl2FN2O5/c1-34-21-12-15(11-19(27)22(21)35-13-14-5-4-6-16(28)9-14)10-17-23(31)29-25(33)30(24(17)32)20-8-3-2-7-18(20)26/h2-12H,13H2,1H3,(H,29,31,33)/b17-10+. The van der Waals surface area contributed by atoms with Gasteiger partial charge in [0.2, 0.25) is 0 Å². The van der Waals surface area contributed by atoms with E-state index in [4.69, 9.17) is 32.7 Å². The van der Waals surface area contributed by atoms with Crippen molar-refractivity contribution in [3.63, 3.8) is 0 Å². The van der Waals surface area contributed by atoms with Crippen molar-refractivity contribution in [2.75, 3.05) is 12.0 Å². The van der Waals surface area contributed by atoms with E-state index in [9.17, 15) is 18.8 Å². The Bertz CT molecular complexity index is 1380. The highest BCUT2D eigenvalue weighted by Crippen LogP contribution is 2.38. The first-order valence-electron chi connectivity index (χ1n) is 10.2. The van der Waals surface area contributed by atoms with Crippen LogP contribution in [0, 0.1) is 5.82 Å². The number of para-hydroxylation sites is 1. The van der Waals surface area contributed by atoms with Crippen LogP contribution in [-0.2, 0) is 16.2 Å². The van der Waals surface area contributed by atoms with Crippen molar-refractivity contribution in [1.29, 1.82) is 0 Å². The van der Waals surface area contributed by atoms with Crippen LogP contribution in [0.3, 0.4) is 0 Å². The number of urea groups is 1. The highest BCUT2D eigenvalue weighted by atomic mass is 35.5. The van der Waals surface area contributed by atoms with Crippen LogP contribution in [0.2, 0.25) is 10.0 Å². The number of hydrogen-bond donors (Lipinski definition) is 1. The number of imide groups is 2. The molecule has 0 unspecified atom stereocenters. The highest BCUT2D eigenvalue weighted by molar-refractivity contribution is 6.42. The van der Waals surface area contributed by atoms with Gasteiger partial charge in [0.05, 0.1) is 22.8 Å². The van der Waals surface area contributed by atoms with Gasteiger partial charge in [0.25, 0.3) is 11.8 Å². The molecule has 3 aromatic rings. The molecule has 178 valence electrons. The normalized spacial score (nSPS) is 14.8. The summed E-state index contributed by atoms with van der Waals surface area (Å²) < 4.78 is 24.5. The minimum absolute atomic E-state index is 0.0318. The second-order valence-corrected chi connectivity index (χ2v) is 8.18. The van der Waals surface area contributed by atoms with E-state index in [1.807, 2.05) is 0 Å². The number of rotatable bonds is 6. The third-order valence-corrected chi connectivity index (χ3v) is 5.63. The molecule has 0 aromatic heterocycles. The van der Waals surface area contributed by atoms with Crippen LogP contribution in [0.15, 0.2) is 66.2 Å². The molecule has 0 bridgehead atoms. The van der Waals surface area contributed by atoms with Gasteiger partial charge in [-0.1, -0.05) is 47.5 Å². The van der Waals surface area contributed by atoms with Crippen molar-refractivity contribution in [1.82, 2.24) is 5.32 Å². The number of anilines is 1. The molecule has 1 fully saturated rings. The van der Waals surface area contributed by atoms with E-state index in [1.165, 1.54) is 49.6 Å². The lowest BCUT2D eigenvalue weighted by Crippen LogP contribution is -2.54. The summed E-state index contributed by atoms with van der Waals surface area (Å²) >= 11 is 12.5. The van der Waals surface area contributed by atoms with Crippen LogP contribution in [0.4, 0.5) is 14.9 Å². The predicted molar refractivity (Wildman–Crippen MR) is 129 cm³/mol. The Morgan fingerprint density at radius 2 is 1.77 bits per heavy atom. The second kappa shape index (κ2) is 10.2. The molecule has 4 amide bonds. The fourth-order valence-corrected chi connectivity index (χ4v) is 3.92. The summed E-state index contributed by atoms with van der Waals surface area (Å²) in [5.41, 5.74) is 0.753. The molecule has 0 saturated carbocycles. The number of barbiturate groups is 1. The Morgan fingerprint density at radius 1 is 1.00 bits per heavy atom. The predicted octanol–water partition coefficient (Wildman–Crippen LogP) is 5.39. The average Bonchev–Trinajstić information content (AvgIpc) is 2.82.